The molecule has 222 valence electrons. The molecule has 0 aliphatic rings. The molecular formula is C30H39N9O3. The highest BCUT2D eigenvalue weighted by Gasteiger charge is 2.17. The van der Waals surface area contributed by atoms with Crippen LogP contribution in [0.3, 0.4) is 0 Å². The largest absolute Gasteiger partial charge is 0.369 e. The zero-order valence-electron chi connectivity index (χ0n) is 24.5. The first-order valence-corrected chi connectivity index (χ1v) is 13.8. The second-order valence-electron chi connectivity index (χ2n) is 9.83. The molecule has 0 radical (unpaired) electrons. The first-order chi connectivity index (χ1) is 20.2. The molecular weight excluding hydrogens is 534 g/mol. The van der Waals surface area contributed by atoms with Crippen molar-refractivity contribution in [2.24, 2.45) is 0 Å². The SMILES string of the molecule is CCCNc1nc(NCCc2ccncc2)ncc1C(=O)Nc1cccc(NC(=O)C(C)NC(=O)C=CCN(C)C)c1. The van der Waals surface area contributed by atoms with Crippen LogP contribution in [0.1, 0.15) is 36.2 Å². The number of carbonyl (C=O) groups excluding carboxylic acids is 3. The van der Waals surface area contributed by atoms with Crippen LogP contribution in [0.2, 0.25) is 0 Å². The number of carbonyl (C=O) groups is 3. The van der Waals surface area contributed by atoms with Crippen molar-refractivity contribution in [1.82, 2.24) is 25.2 Å². The molecule has 2 aromatic heterocycles. The Morgan fingerprint density at radius 1 is 1.00 bits per heavy atom. The summed E-state index contributed by atoms with van der Waals surface area (Å²) in [4.78, 5) is 52.7. The van der Waals surface area contributed by atoms with Gasteiger partial charge in [0.25, 0.3) is 5.91 Å². The van der Waals surface area contributed by atoms with E-state index in [9.17, 15) is 14.4 Å². The molecule has 3 aromatic rings. The summed E-state index contributed by atoms with van der Waals surface area (Å²) < 4.78 is 0. The van der Waals surface area contributed by atoms with E-state index in [0.717, 1.165) is 18.4 Å². The van der Waals surface area contributed by atoms with E-state index in [4.69, 9.17) is 0 Å². The van der Waals surface area contributed by atoms with Crippen LogP contribution in [0.15, 0.2) is 67.1 Å². The van der Waals surface area contributed by atoms with Crippen molar-refractivity contribution in [2.45, 2.75) is 32.7 Å². The van der Waals surface area contributed by atoms with Crippen molar-refractivity contribution in [1.29, 1.82) is 0 Å². The van der Waals surface area contributed by atoms with Gasteiger partial charge < -0.3 is 31.5 Å². The van der Waals surface area contributed by atoms with Crippen LogP contribution < -0.4 is 26.6 Å². The Morgan fingerprint density at radius 2 is 1.74 bits per heavy atom. The number of pyridine rings is 1. The number of benzene rings is 1. The Kier molecular flexibility index (Phi) is 12.4. The molecule has 0 saturated heterocycles. The summed E-state index contributed by atoms with van der Waals surface area (Å²) in [6, 6.07) is 9.90. The monoisotopic (exact) mass is 573 g/mol. The Bertz CT molecular complexity index is 1360. The molecule has 1 atom stereocenters. The quantitative estimate of drug-likeness (QED) is 0.173. The van der Waals surface area contributed by atoms with Crippen molar-refractivity contribution in [2.75, 3.05) is 55.0 Å². The lowest BCUT2D eigenvalue weighted by atomic mass is 10.2. The fraction of sp³-hybridized carbons (Fsp3) is 0.333. The fourth-order valence-electron chi connectivity index (χ4n) is 3.70. The molecule has 0 fully saturated rings. The van der Waals surface area contributed by atoms with Crippen LogP contribution in [-0.4, -0.2) is 77.3 Å². The van der Waals surface area contributed by atoms with Gasteiger partial charge in [-0.2, -0.15) is 4.98 Å². The number of likely N-dealkylation sites (N-methyl/N-ethyl adjacent to an activating group) is 1. The zero-order chi connectivity index (χ0) is 30.3. The van der Waals surface area contributed by atoms with E-state index in [1.54, 1.807) is 49.7 Å². The lowest BCUT2D eigenvalue weighted by Crippen LogP contribution is -2.40. The molecule has 1 unspecified atom stereocenters. The van der Waals surface area contributed by atoms with Gasteiger partial charge in [0.1, 0.15) is 17.4 Å². The summed E-state index contributed by atoms with van der Waals surface area (Å²) in [7, 11) is 3.79. The van der Waals surface area contributed by atoms with Gasteiger partial charge in [-0.25, -0.2) is 4.98 Å². The van der Waals surface area contributed by atoms with Crippen molar-refractivity contribution in [3.05, 3.63) is 78.3 Å². The maximum absolute atomic E-state index is 13.2. The van der Waals surface area contributed by atoms with Crippen LogP contribution in [-0.2, 0) is 16.0 Å². The summed E-state index contributed by atoms with van der Waals surface area (Å²) in [5.74, 6) is -0.308. The van der Waals surface area contributed by atoms with Crippen molar-refractivity contribution >= 4 is 40.9 Å². The minimum Gasteiger partial charge on any atom is -0.369 e. The van der Waals surface area contributed by atoms with Gasteiger partial charge in [0.05, 0.1) is 0 Å². The molecule has 2 heterocycles. The van der Waals surface area contributed by atoms with Gasteiger partial charge >= 0.3 is 0 Å². The van der Waals surface area contributed by atoms with Gasteiger partial charge in [0, 0.05) is 55.7 Å². The summed E-state index contributed by atoms with van der Waals surface area (Å²) in [6.45, 7) is 5.49. The molecule has 0 saturated carbocycles. The van der Waals surface area contributed by atoms with Crippen molar-refractivity contribution in [3.8, 4) is 0 Å². The van der Waals surface area contributed by atoms with Crippen LogP contribution in [0.5, 0.6) is 0 Å². The average Bonchev–Trinajstić information content (AvgIpc) is 2.96. The van der Waals surface area contributed by atoms with Gasteiger partial charge in [-0.1, -0.05) is 19.1 Å². The summed E-state index contributed by atoms with van der Waals surface area (Å²) >= 11 is 0. The number of rotatable bonds is 15. The van der Waals surface area contributed by atoms with E-state index in [0.29, 0.717) is 42.8 Å². The molecule has 3 amide bonds. The molecule has 0 bridgehead atoms. The van der Waals surface area contributed by atoms with Gasteiger partial charge in [-0.15, -0.1) is 0 Å². The van der Waals surface area contributed by atoms with Crippen LogP contribution in [0.4, 0.5) is 23.1 Å². The van der Waals surface area contributed by atoms with E-state index in [1.165, 1.54) is 12.3 Å². The lowest BCUT2D eigenvalue weighted by Gasteiger charge is -2.15. The first-order valence-electron chi connectivity index (χ1n) is 13.8. The first kappa shape index (κ1) is 31.7. The highest BCUT2D eigenvalue weighted by molar-refractivity contribution is 6.07. The third kappa shape index (κ3) is 10.6. The topological polar surface area (TPSA) is 153 Å². The smallest absolute Gasteiger partial charge is 0.260 e. The van der Waals surface area contributed by atoms with Gasteiger partial charge in [0.15, 0.2) is 0 Å². The Balaban J connectivity index is 1.61. The van der Waals surface area contributed by atoms with Crippen LogP contribution in [0.25, 0.3) is 0 Å². The number of aromatic nitrogens is 3. The Hall–Kier alpha value is -4.84. The number of hydrogen-bond acceptors (Lipinski definition) is 9. The van der Waals surface area contributed by atoms with Gasteiger partial charge in [-0.3, -0.25) is 19.4 Å². The van der Waals surface area contributed by atoms with Crippen molar-refractivity contribution in [3.63, 3.8) is 0 Å². The number of nitrogens with zero attached hydrogens (tertiary/aromatic N) is 4. The summed E-state index contributed by atoms with van der Waals surface area (Å²) in [6.07, 6.45) is 9.73. The minimum atomic E-state index is -0.763. The number of amides is 3. The number of hydrogen-bond donors (Lipinski definition) is 5. The maximum atomic E-state index is 13.2. The lowest BCUT2D eigenvalue weighted by molar-refractivity contribution is -0.123. The number of nitrogens with one attached hydrogen (secondary N) is 5. The second kappa shape index (κ2) is 16.4. The molecule has 42 heavy (non-hydrogen) atoms. The number of anilines is 4. The van der Waals surface area contributed by atoms with Crippen LogP contribution in [0, 0.1) is 0 Å². The summed E-state index contributed by atoms with van der Waals surface area (Å²) in [5.41, 5.74) is 2.37. The predicted molar refractivity (Wildman–Crippen MR) is 166 cm³/mol. The minimum absolute atomic E-state index is 0.288. The van der Waals surface area contributed by atoms with E-state index >= 15 is 0 Å². The van der Waals surface area contributed by atoms with E-state index < -0.39 is 11.9 Å². The third-order valence-corrected chi connectivity index (χ3v) is 5.90. The van der Waals surface area contributed by atoms with Crippen LogP contribution >= 0.6 is 0 Å². The fourth-order valence-corrected chi connectivity index (χ4v) is 3.70. The highest BCUT2D eigenvalue weighted by Crippen LogP contribution is 2.19. The van der Waals surface area contributed by atoms with Crippen molar-refractivity contribution < 1.29 is 14.4 Å². The molecule has 3 rings (SSSR count). The molecule has 0 spiro atoms. The molecule has 0 aliphatic carbocycles. The molecule has 12 heteroatoms. The zero-order valence-corrected chi connectivity index (χ0v) is 24.5. The second-order valence-corrected chi connectivity index (χ2v) is 9.83. The maximum Gasteiger partial charge on any atom is 0.260 e. The van der Waals surface area contributed by atoms with Gasteiger partial charge in [-0.05, 0) is 69.8 Å². The van der Waals surface area contributed by atoms with E-state index in [1.807, 2.05) is 38.1 Å². The third-order valence-electron chi connectivity index (χ3n) is 5.90. The normalized spacial score (nSPS) is 11.6. The predicted octanol–water partition coefficient (Wildman–Crippen LogP) is 3.16. The Morgan fingerprint density at radius 3 is 2.45 bits per heavy atom. The Labute approximate surface area is 246 Å². The molecule has 12 nitrogen and oxygen atoms in total. The van der Waals surface area contributed by atoms with Gasteiger partial charge in [0.2, 0.25) is 17.8 Å². The molecule has 5 N–H and O–H groups in total. The standard InChI is InChI=1S/C30H39N9O3/c1-5-14-32-27-25(20-34-30(38-27)33-17-13-22-11-15-31-16-12-22)29(42)37-24-9-6-8-23(19-24)36-28(41)21(2)35-26(40)10-7-18-39(3)4/h6-12,15-16,19-21H,5,13-14,17-18H2,1-4H3,(H,35,40)(H,36,41)(H,37,42)(H2,32,33,34,38). The van der Waals surface area contributed by atoms with E-state index in [-0.39, 0.29) is 17.4 Å². The average molecular weight is 574 g/mol. The molecule has 0 aliphatic heterocycles. The van der Waals surface area contributed by atoms with E-state index in [2.05, 4.69) is 41.5 Å². The molecule has 1 aromatic carbocycles. The highest BCUT2D eigenvalue weighted by atomic mass is 16.2. The summed E-state index contributed by atoms with van der Waals surface area (Å²) in [5, 5.41) is 14.7.